The van der Waals surface area contributed by atoms with Crippen molar-refractivity contribution in [3.8, 4) is 11.5 Å². The molecule has 0 aliphatic heterocycles. The molecule has 0 heterocycles. The summed E-state index contributed by atoms with van der Waals surface area (Å²) in [7, 11) is 0. The van der Waals surface area contributed by atoms with Crippen molar-refractivity contribution in [1.29, 1.82) is 0 Å². The van der Waals surface area contributed by atoms with Crippen LogP contribution in [0, 0.1) is 35.0 Å². The fourth-order valence-corrected chi connectivity index (χ4v) is 11.2. The number of allylic oxidation sites excluding steroid dienone is 1. The van der Waals surface area contributed by atoms with Crippen LogP contribution >= 0.6 is 11.8 Å². The first-order valence-corrected chi connectivity index (χ1v) is 17.5. The Balaban J connectivity index is 1.56. The smallest absolute Gasteiger partial charge is 0.308 e. The molecule has 4 aliphatic rings. The first-order chi connectivity index (χ1) is 21.1. The number of hydrogen-bond donors (Lipinski definition) is 0. The molecule has 45 heavy (non-hydrogen) atoms. The number of benzene rings is 2. The molecule has 2 aromatic carbocycles. The molecule has 0 saturated heterocycles. The van der Waals surface area contributed by atoms with E-state index in [0.29, 0.717) is 16.9 Å². The summed E-state index contributed by atoms with van der Waals surface area (Å²) in [4.78, 5) is 38.4. The molecule has 240 valence electrons. The minimum Gasteiger partial charge on any atom is -0.423 e. The predicted octanol–water partition coefficient (Wildman–Crippen LogP) is 9.70. The molecular formula is C39H48O5S. The molecule has 3 saturated carbocycles. The molecular weight excluding hydrogens is 580 g/mol. The van der Waals surface area contributed by atoms with Crippen LogP contribution in [0.1, 0.15) is 126 Å². The second kappa shape index (κ2) is 11.1. The van der Waals surface area contributed by atoms with Gasteiger partial charge in [0.15, 0.2) is 11.5 Å². The Morgan fingerprint density at radius 2 is 1.58 bits per heavy atom. The van der Waals surface area contributed by atoms with Crippen molar-refractivity contribution in [2.75, 3.05) is 0 Å². The summed E-state index contributed by atoms with van der Waals surface area (Å²) < 4.78 is 11.5. The third kappa shape index (κ3) is 5.01. The topological polar surface area (TPSA) is 69.7 Å². The van der Waals surface area contributed by atoms with E-state index in [1.54, 1.807) is 0 Å². The number of carbonyl (C=O) groups is 3. The zero-order chi connectivity index (χ0) is 32.5. The maximum atomic E-state index is 13.8. The average Bonchev–Trinajstić information content (AvgIpc) is 2.98. The number of esters is 2. The van der Waals surface area contributed by atoms with E-state index in [1.807, 2.05) is 43.3 Å². The normalized spacial score (nSPS) is 35.1. The monoisotopic (exact) mass is 628 g/mol. The molecule has 4 aliphatic carbocycles. The van der Waals surface area contributed by atoms with Crippen molar-refractivity contribution in [3.63, 3.8) is 0 Å². The van der Waals surface area contributed by atoms with Crippen molar-refractivity contribution < 1.29 is 23.9 Å². The fourth-order valence-electron chi connectivity index (χ4n) is 10.1. The lowest BCUT2D eigenvalue weighted by atomic mass is 9.35. The van der Waals surface area contributed by atoms with Gasteiger partial charge in [0.2, 0.25) is 5.12 Å². The Kier molecular flexibility index (Phi) is 7.94. The summed E-state index contributed by atoms with van der Waals surface area (Å²) in [6.45, 7) is 17.1. The first kappa shape index (κ1) is 32.1. The number of rotatable bonds is 4. The van der Waals surface area contributed by atoms with Crippen LogP contribution in [0.4, 0.5) is 0 Å². The third-order valence-electron chi connectivity index (χ3n) is 12.7. The van der Waals surface area contributed by atoms with Crippen molar-refractivity contribution in [1.82, 2.24) is 0 Å². The lowest BCUT2D eigenvalue weighted by Crippen LogP contribution is -2.61. The fraction of sp³-hybridized carbons (Fsp3) is 0.564. The molecule has 3 fully saturated rings. The van der Waals surface area contributed by atoms with Gasteiger partial charge in [0.1, 0.15) is 0 Å². The van der Waals surface area contributed by atoms with E-state index in [2.05, 4.69) is 40.7 Å². The van der Waals surface area contributed by atoms with Crippen LogP contribution in [0.15, 0.2) is 48.0 Å². The van der Waals surface area contributed by atoms with Crippen LogP contribution in [0.2, 0.25) is 0 Å². The maximum Gasteiger partial charge on any atom is 0.308 e. The molecule has 5 nitrogen and oxygen atoms in total. The molecule has 0 spiro atoms. The van der Waals surface area contributed by atoms with Crippen LogP contribution in [0.3, 0.4) is 0 Å². The second-order valence-electron chi connectivity index (χ2n) is 15.4. The van der Waals surface area contributed by atoms with E-state index >= 15 is 0 Å². The van der Waals surface area contributed by atoms with Gasteiger partial charge in [-0.25, -0.2) is 0 Å². The van der Waals surface area contributed by atoms with Crippen LogP contribution in [0.25, 0.3) is 0 Å². The number of fused-ring (bicyclic) bond motifs is 7. The molecule has 0 bridgehead atoms. The van der Waals surface area contributed by atoms with Gasteiger partial charge in [-0.3, -0.25) is 14.4 Å². The molecule has 7 atom stereocenters. The van der Waals surface area contributed by atoms with Crippen molar-refractivity contribution in [2.24, 2.45) is 28.1 Å². The van der Waals surface area contributed by atoms with E-state index in [-0.39, 0.29) is 38.1 Å². The summed E-state index contributed by atoms with van der Waals surface area (Å²) in [6, 6.07) is 11.4. The highest BCUT2D eigenvalue weighted by Gasteiger charge is 2.66. The highest BCUT2D eigenvalue weighted by Crippen LogP contribution is 2.74. The lowest BCUT2D eigenvalue weighted by Gasteiger charge is -2.69. The largest absolute Gasteiger partial charge is 0.423 e. The SMILES string of the molecule is CC(=O)Oc1cc2c(c(C)c1OC(C)=O)C(SC(=O)c1ccccc1)C=C1[C@@]2(C)CC[C@@]2(C)[C@@H]3C[C@@H](C)CC[C@]3(C)CC[C@]12C. The van der Waals surface area contributed by atoms with E-state index in [1.165, 1.54) is 56.9 Å². The Morgan fingerprint density at radius 3 is 2.24 bits per heavy atom. The predicted molar refractivity (Wildman–Crippen MR) is 180 cm³/mol. The lowest BCUT2D eigenvalue weighted by molar-refractivity contribution is -0.145. The zero-order valence-corrected chi connectivity index (χ0v) is 29.0. The summed E-state index contributed by atoms with van der Waals surface area (Å²) in [5.41, 5.74) is 5.00. The number of thioether (sulfide) groups is 1. The number of carbonyl (C=O) groups excluding carboxylic acids is 3. The summed E-state index contributed by atoms with van der Waals surface area (Å²) >= 11 is 1.33. The minimum absolute atomic E-state index is 0.00514. The Morgan fingerprint density at radius 1 is 0.889 bits per heavy atom. The molecule has 0 N–H and O–H groups in total. The van der Waals surface area contributed by atoms with Gasteiger partial charge < -0.3 is 9.47 Å². The molecule has 6 heteroatoms. The highest BCUT2D eigenvalue weighted by atomic mass is 32.2. The molecule has 0 aromatic heterocycles. The quantitative estimate of drug-likeness (QED) is 0.191. The van der Waals surface area contributed by atoms with E-state index < -0.39 is 11.9 Å². The average molecular weight is 629 g/mol. The van der Waals surface area contributed by atoms with Crippen molar-refractivity contribution in [3.05, 3.63) is 70.3 Å². The summed E-state index contributed by atoms with van der Waals surface area (Å²) in [5, 5.41) is -0.278. The minimum atomic E-state index is -0.484. The van der Waals surface area contributed by atoms with Gasteiger partial charge in [-0.1, -0.05) is 94.8 Å². The van der Waals surface area contributed by atoms with E-state index in [0.717, 1.165) is 41.9 Å². The molecule has 0 amide bonds. The Labute approximate surface area is 272 Å². The standard InChI is InChI=1S/C39H48O5S/c1-23-14-15-36(5)16-18-39(8)32-22-30(45-35(42)27-12-10-9-11-13-27)33-24(2)34(44-26(4)41)29(43-25(3)40)21-28(33)37(32,6)17-19-38(39,7)31(36)20-23/h9-13,21-23,30-31H,14-20H2,1-8H3/t23-,30?,31+,36+,37-,38-,39+/m0/s1. The molecule has 1 unspecified atom stereocenters. The molecule has 6 rings (SSSR count). The van der Waals surface area contributed by atoms with Gasteiger partial charge >= 0.3 is 11.9 Å². The molecule has 0 radical (unpaired) electrons. The number of ether oxygens (including phenoxy) is 2. The van der Waals surface area contributed by atoms with E-state index in [4.69, 9.17) is 9.47 Å². The second-order valence-corrected chi connectivity index (χ2v) is 16.5. The summed E-state index contributed by atoms with van der Waals surface area (Å²) in [5.74, 6) is 0.947. The first-order valence-electron chi connectivity index (χ1n) is 16.7. The Hall–Kier alpha value is -2.86. The Bertz CT molecular complexity index is 1590. The van der Waals surface area contributed by atoms with Crippen molar-refractivity contribution in [2.45, 2.75) is 111 Å². The van der Waals surface area contributed by atoms with Gasteiger partial charge in [-0.2, -0.15) is 0 Å². The van der Waals surface area contributed by atoms with Crippen molar-refractivity contribution >= 4 is 28.8 Å². The van der Waals surface area contributed by atoms with Crippen LogP contribution < -0.4 is 9.47 Å². The van der Waals surface area contributed by atoms with Crippen LogP contribution in [-0.4, -0.2) is 17.1 Å². The van der Waals surface area contributed by atoms with Crippen LogP contribution in [-0.2, 0) is 15.0 Å². The van der Waals surface area contributed by atoms with Gasteiger partial charge in [-0.15, -0.1) is 0 Å². The van der Waals surface area contributed by atoms with E-state index in [9.17, 15) is 14.4 Å². The van der Waals surface area contributed by atoms with Gasteiger partial charge in [0, 0.05) is 30.4 Å². The zero-order valence-electron chi connectivity index (χ0n) is 28.2. The van der Waals surface area contributed by atoms with Crippen LogP contribution in [0.5, 0.6) is 11.5 Å². The maximum absolute atomic E-state index is 13.8. The number of hydrogen-bond acceptors (Lipinski definition) is 6. The highest BCUT2D eigenvalue weighted by molar-refractivity contribution is 8.14. The van der Waals surface area contributed by atoms with Gasteiger partial charge in [0.05, 0.1) is 5.25 Å². The third-order valence-corrected chi connectivity index (χ3v) is 13.8. The molecule has 2 aromatic rings. The summed E-state index contributed by atoms with van der Waals surface area (Å²) in [6.07, 6.45) is 10.7. The van der Waals surface area contributed by atoms with Gasteiger partial charge in [0.25, 0.3) is 0 Å². The van der Waals surface area contributed by atoms with Gasteiger partial charge in [-0.05, 0) is 90.7 Å².